The number of aromatic nitrogens is 2. The molecule has 2 N–H and O–H groups in total. The SMILES string of the molecule is C=C(F)/C=C(\C(=C)Cl)C(=O)c1c(NC(=O)c2cc(F)cc(C(F)(F)F)c2)cc(N(C)Cc2ccn[nH]2)c(N(C)C=O)c1C#N. The van der Waals surface area contributed by atoms with E-state index in [-0.39, 0.29) is 24.0 Å². The number of anilines is 3. The van der Waals surface area contributed by atoms with Gasteiger partial charge in [-0.3, -0.25) is 19.5 Å². The van der Waals surface area contributed by atoms with Crippen LogP contribution in [0.5, 0.6) is 0 Å². The van der Waals surface area contributed by atoms with E-state index in [1.165, 1.54) is 31.3 Å². The molecule has 1 aromatic heterocycles. The lowest BCUT2D eigenvalue weighted by atomic mass is 9.93. The van der Waals surface area contributed by atoms with Gasteiger partial charge in [0.25, 0.3) is 5.91 Å². The molecule has 0 unspecified atom stereocenters. The topological polar surface area (TPSA) is 122 Å². The predicted octanol–water partition coefficient (Wildman–Crippen LogP) is 6.27. The Morgan fingerprint density at radius 3 is 2.41 bits per heavy atom. The second-order valence-corrected chi connectivity index (χ2v) is 9.68. The molecule has 0 saturated heterocycles. The fraction of sp³-hybridized carbons (Fsp3) is 0.138. The summed E-state index contributed by atoms with van der Waals surface area (Å²) in [5.74, 6) is -4.95. The van der Waals surface area contributed by atoms with Crippen LogP contribution in [0.4, 0.5) is 39.0 Å². The van der Waals surface area contributed by atoms with Gasteiger partial charge < -0.3 is 15.1 Å². The average molecular weight is 633 g/mol. The summed E-state index contributed by atoms with van der Waals surface area (Å²) in [5, 5.41) is 18.6. The van der Waals surface area contributed by atoms with Crippen LogP contribution in [0.2, 0.25) is 0 Å². The van der Waals surface area contributed by atoms with E-state index in [1.54, 1.807) is 6.07 Å². The number of nitrogens with zero attached hydrogens (tertiary/aromatic N) is 4. The number of nitrogens with one attached hydrogen (secondary N) is 2. The fourth-order valence-corrected chi connectivity index (χ4v) is 4.29. The summed E-state index contributed by atoms with van der Waals surface area (Å²) in [6.45, 7) is 6.56. The van der Waals surface area contributed by atoms with Crippen molar-refractivity contribution in [2.24, 2.45) is 0 Å². The van der Waals surface area contributed by atoms with Crippen LogP contribution in [0, 0.1) is 17.1 Å². The Hall–Kier alpha value is -5.29. The maximum atomic E-state index is 14.1. The quantitative estimate of drug-likeness (QED) is 0.0845. The molecule has 44 heavy (non-hydrogen) atoms. The van der Waals surface area contributed by atoms with Gasteiger partial charge in [0.1, 0.15) is 17.7 Å². The molecule has 9 nitrogen and oxygen atoms in total. The first-order chi connectivity index (χ1) is 20.6. The van der Waals surface area contributed by atoms with Gasteiger partial charge in [-0.25, -0.2) is 8.78 Å². The third kappa shape index (κ3) is 7.37. The monoisotopic (exact) mass is 632 g/mol. The molecule has 3 aromatic rings. The number of carbonyl (C=O) groups is 3. The van der Waals surface area contributed by atoms with Crippen LogP contribution in [0.3, 0.4) is 0 Å². The Morgan fingerprint density at radius 2 is 1.89 bits per heavy atom. The Bertz CT molecular complexity index is 1730. The summed E-state index contributed by atoms with van der Waals surface area (Å²) < 4.78 is 68.0. The third-order valence-corrected chi connectivity index (χ3v) is 6.28. The predicted molar refractivity (Wildman–Crippen MR) is 153 cm³/mol. The minimum atomic E-state index is -5.00. The first-order valence-electron chi connectivity index (χ1n) is 12.2. The number of hydrogen-bond acceptors (Lipinski definition) is 6. The standard InChI is InChI=1S/C29H22ClF5N6O3/c1-15(31)7-21(16(2)30)27(43)25-22(12-36)26(41(4)14-42)24(40(3)13-20-5-6-37-39-20)11-23(25)38-28(44)17-8-18(29(33,34)35)10-19(32)9-17/h5-11,14H,1-2,13H2,3-4H3,(H,37,39)(H,38,44)/b21-7+. The van der Waals surface area contributed by atoms with Crippen molar-refractivity contribution in [1.29, 1.82) is 5.26 Å². The van der Waals surface area contributed by atoms with Gasteiger partial charge in [-0.1, -0.05) is 24.8 Å². The van der Waals surface area contributed by atoms with E-state index in [2.05, 4.69) is 28.7 Å². The number of rotatable bonds is 11. The molecular formula is C29H22ClF5N6O3. The molecule has 15 heteroatoms. The van der Waals surface area contributed by atoms with Gasteiger partial charge in [0.15, 0.2) is 5.78 Å². The molecule has 3 rings (SSSR count). The molecule has 0 saturated carbocycles. The summed E-state index contributed by atoms with van der Waals surface area (Å²) in [7, 11) is 2.81. The van der Waals surface area contributed by atoms with E-state index in [1.807, 2.05) is 6.07 Å². The van der Waals surface area contributed by atoms with Gasteiger partial charge in [0, 0.05) is 36.5 Å². The molecule has 2 amide bonds. The van der Waals surface area contributed by atoms with Gasteiger partial charge >= 0.3 is 6.18 Å². The summed E-state index contributed by atoms with van der Waals surface area (Å²) in [6.07, 6.45) is -2.57. The summed E-state index contributed by atoms with van der Waals surface area (Å²) in [4.78, 5) is 41.5. The van der Waals surface area contributed by atoms with E-state index in [0.717, 1.165) is 4.90 Å². The highest BCUT2D eigenvalue weighted by Crippen LogP contribution is 2.41. The van der Waals surface area contributed by atoms with Crippen molar-refractivity contribution >= 4 is 46.8 Å². The number of carbonyl (C=O) groups excluding carboxylic acids is 3. The molecule has 0 atom stereocenters. The van der Waals surface area contributed by atoms with Crippen molar-refractivity contribution in [2.75, 3.05) is 29.2 Å². The van der Waals surface area contributed by atoms with Gasteiger partial charge in [-0.2, -0.15) is 23.5 Å². The number of hydrogen-bond donors (Lipinski definition) is 2. The number of ketones is 1. The minimum Gasteiger partial charge on any atom is -0.367 e. The largest absolute Gasteiger partial charge is 0.416 e. The van der Waals surface area contributed by atoms with Gasteiger partial charge in [0.2, 0.25) is 6.41 Å². The number of aromatic amines is 1. The van der Waals surface area contributed by atoms with Gasteiger partial charge in [0.05, 0.1) is 46.0 Å². The number of nitriles is 1. The van der Waals surface area contributed by atoms with Crippen LogP contribution in [0.1, 0.15) is 37.5 Å². The number of halogens is 6. The van der Waals surface area contributed by atoms with Crippen LogP contribution in [-0.2, 0) is 17.5 Å². The van der Waals surface area contributed by atoms with Crippen molar-refractivity contribution in [3.05, 3.63) is 106 Å². The first-order valence-corrected chi connectivity index (χ1v) is 12.6. The van der Waals surface area contributed by atoms with Crippen molar-refractivity contribution < 1.29 is 36.3 Å². The molecule has 228 valence electrons. The second kappa shape index (κ2) is 13.3. The van der Waals surface area contributed by atoms with Crippen LogP contribution in [0.15, 0.2) is 72.2 Å². The van der Waals surface area contributed by atoms with Gasteiger partial charge in [-0.15, -0.1) is 0 Å². The highest BCUT2D eigenvalue weighted by molar-refractivity contribution is 6.37. The average Bonchev–Trinajstić information content (AvgIpc) is 3.46. The molecule has 0 aliphatic heterocycles. The highest BCUT2D eigenvalue weighted by atomic mass is 35.5. The highest BCUT2D eigenvalue weighted by Gasteiger charge is 2.33. The van der Waals surface area contributed by atoms with Crippen LogP contribution < -0.4 is 15.1 Å². The lowest BCUT2D eigenvalue weighted by molar-refractivity contribution is -0.137. The molecule has 0 fully saturated rings. The number of H-pyrrole nitrogens is 1. The Kier molecular flexibility index (Phi) is 10.1. The molecular weight excluding hydrogens is 611 g/mol. The number of Topliss-reactive ketones (excluding diaryl/α,β-unsaturated/α-hetero) is 1. The Balaban J connectivity index is 2.37. The zero-order chi connectivity index (χ0) is 32.9. The molecule has 0 aliphatic carbocycles. The third-order valence-electron chi connectivity index (χ3n) is 6.08. The Morgan fingerprint density at radius 1 is 1.20 bits per heavy atom. The number of alkyl halides is 3. The maximum absolute atomic E-state index is 14.1. The molecule has 0 bridgehead atoms. The van der Waals surface area contributed by atoms with E-state index >= 15 is 0 Å². The van der Waals surface area contributed by atoms with E-state index in [0.29, 0.717) is 30.3 Å². The van der Waals surface area contributed by atoms with E-state index in [4.69, 9.17) is 11.6 Å². The van der Waals surface area contributed by atoms with E-state index in [9.17, 15) is 41.6 Å². The maximum Gasteiger partial charge on any atom is 0.416 e. The number of benzene rings is 2. The summed E-state index contributed by atoms with van der Waals surface area (Å²) in [5.41, 5.74) is -3.88. The number of amides is 2. The van der Waals surface area contributed by atoms with Crippen molar-refractivity contribution in [3.8, 4) is 6.07 Å². The lowest BCUT2D eigenvalue weighted by Crippen LogP contribution is -2.26. The van der Waals surface area contributed by atoms with Crippen LogP contribution >= 0.6 is 11.6 Å². The molecule has 0 spiro atoms. The van der Waals surface area contributed by atoms with E-state index < -0.39 is 68.1 Å². The molecule has 2 aromatic carbocycles. The molecule has 1 heterocycles. The molecule has 0 aliphatic rings. The smallest absolute Gasteiger partial charge is 0.367 e. The zero-order valence-electron chi connectivity index (χ0n) is 23.0. The van der Waals surface area contributed by atoms with Crippen molar-refractivity contribution in [3.63, 3.8) is 0 Å². The van der Waals surface area contributed by atoms with Crippen LogP contribution in [0.25, 0.3) is 0 Å². The fourth-order valence-electron chi connectivity index (χ4n) is 4.15. The number of allylic oxidation sites excluding steroid dienone is 4. The first kappa shape index (κ1) is 33.2. The Labute approximate surface area is 252 Å². The molecule has 0 radical (unpaired) electrons. The van der Waals surface area contributed by atoms with Crippen molar-refractivity contribution in [2.45, 2.75) is 12.7 Å². The van der Waals surface area contributed by atoms with Crippen molar-refractivity contribution in [1.82, 2.24) is 10.2 Å². The van der Waals surface area contributed by atoms with Crippen LogP contribution in [-0.4, -0.2) is 42.4 Å². The zero-order valence-corrected chi connectivity index (χ0v) is 23.8. The normalized spacial score (nSPS) is 11.4. The summed E-state index contributed by atoms with van der Waals surface area (Å²) >= 11 is 5.96. The lowest BCUT2D eigenvalue weighted by Gasteiger charge is -2.28. The second-order valence-electron chi connectivity index (χ2n) is 9.23. The minimum absolute atomic E-state index is 0.0814. The van der Waals surface area contributed by atoms with Gasteiger partial charge in [-0.05, 0) is 36.4 Å². The summed E-state index contributed by atoms with van der Waals surface area (Å²) in [6, 6.07) is 5.73.